The molecule has 0 aliphatic heterocycles. The number of methoxy groups -OCH3 is 1. The van der Waals surface area contributed by atoms with Crippen molar-refractivity contribution in [2.45, 2.75) is 6.54 Å². The summed E-state index contributed by atoms with van der Waals surface area (Å²) in [6, 6.07) is 5.49. The van der Waals surface area contributed by atoms with E-state index in [9.17, 15) is 9.59 Å². The van der Waals surface area contributed by atoms with Gasteiger partial charge in [0, 0.05) is 35.8 Å². The number of benzene rings is 1. The lowest BCUT2D eigenvalue weighted by atomic mass is 10.2. The number of ether oxygens (including phenoxy) is 1. The first-order valence-electron chi connectivity index (χ1n) is 5.42. The van der Waals surface area contributed by atoms with Crippen LogP contribution in [-0.4, -0.2) is 36.0 Å². The van der Waals surface area contributed by atoms with Crippen molar-refractivity contribution in [3.63, 3.8) is 0 Å². The second-order valence-corrected chi connectivity index (χ2v) is 4.74. The Kier molecular flexibility index (Phi) is 5.57. The van der Waals surface area contributed by atoms with Crippen LogP contribution in [0.3, 0.4) is 0 Å². The SMILES string of the molecule is COc1ccc(Br)cc1CN(C)C(=O)/C=C/C(=O)O. The van der Waals surface area contributed by atoms with Gasteiger partial charge in [0.15, 0.2) is 0 Å². The molecule has 102 valence electrons. The molecule has 0 fully saturated rings. The molecular formula is C13H14BrNO4. The van der Waals surface area contributed by atoms with Crippen LogP contribution in [0.4, 0.5) is 0 Å². The molecule has 0 saturated heterocycles. The maximum absolute atomic E-state index is 11.7. The van der Waals surface area contributed by atoms with Crippen LogP contribution >= 0.6 is 15.9 Å². The maximum atomic E-state index is 11.7. The summed E-state index contributed by atoms with van der Waals surface area (Å²) in [5.41, 5.74) is 0.830. The van der Waals surface area contributed by atoms with E-state index in [0.717, 1.165) is 22.2 Å². The summed E-state index contributed by atoms with van der Waals surface area (Å²) >= 11 is 3.35. The van der Waals surface area contributed by atoms with Gasteiger partial charge in [-0.25, -0.2) is 4.79 Å². The molecule has 1 amide bonds. The largest absolute Gasteiger partial charge is 0.496 e. The van der Waals surface area contributed by atoms with Gasteiger partial charge in [-0.3, -0.25) is 4.79 Å². The second-order valence-electron chi connectivity index (χ2n) is 3.82. The molecule has 19 heavy (non-hydrogen) atoms. The number of nitrogens with zero attached hydrogens (tertiary/aromatic N) is 1. The normalized spacial score (nSPS) is 10.5. The number of hydrogen-bond donors (Lipinski definition) is 1. The highest BCUT2D eigenvalue weighted by Crippen LogP contribution is 2.24. The van der Waals surface area contributed by atoms with E-state index >= 15 is 0 Å². The first-order valence-corrected chi connectivity index (χ1v) is 6.22. The Morgan fingerprint density at radius 2 is 2.11 bits per heavy atom. The number of likely N-dealkylation sites (N-methyl/N-ethyl adjacent to an activating group) is 1. The van der Waals surface area contributed by atoms with Crippen molar-refractivity contribution in [1.82, 2.24) is 4.90 Å². The van der Waals surface area contributed by atoms with E-state index < -0.39 is 5.97 Å². The molecule has 1 rings (SSSR count). The van der Waals surface area contributed by atoms with Crippen molar-refractivity contribution in [1.29, 1.82) is 0 Å². The molecule has 6 heteroatoms. The van der Waals surface area contributed by atoms with Gasteiger partial charge in [0.2, 0.25) is 5.91 Å². The van der Waals surface area contributed by atoms with Crippen LogP contribution in [0.25, 0.3) is 0 Å². The van der Waals surface area contributed by atoms with Crippen molar-refractivity contribution in [3.05, 3.63) is 40.4 Å². The van der Waals surface area contributed by atoms with E-state index in [1.54, 1.807) is 20.2 Å². The Morgan fingerprint density at radius 1 is 1.42 bits per heavy atom. The average Bonchev–Trinajstić information content (AvgIpc) is 2.36. The molecule has 0 saturated carbocycles. The van der Waals surface area contributed by atoms with Crippen LogP contribution in [0.15, 0.2) is 34.8 Å². The number of carbonyl (C=O) groups excluding carboxylic acids is 1. The van der Waals surface area contributed by atoms with Gasteiger partial charge in [0.1, 0.15) is 5.75 Å². The monoisotopic (exact) mass is 327 g/mol. The minimum atomic E-state index is -1.15. The van der Waals surface area contributed by atoms with Crippen LogP contribution in [0, 0.1) is 0 Å². The fourth-order valence-electron chi connectivity index (χ4n) is 1.47. The fourth-order valence-corrected chi connectivity index (χ4v) is 1.88. The standard InChI is InChI=1S/C13H14BrNO4/c1-15(12(16)5-6-13(17)18)8-9-7-10(14)3-4-11(9)19-2/h3-7H,8H2,1-2H3,(H,17,18)/b6-5+. The predicted molar refractivity (Wildman–Crippen MR) is 73.9 cm³/mol. The maximum Gasteiger partial charge on any atom is 0.328 e. The Labute approximate surface area is 119 Å². The smallest absolute Gasteiger partial charge is 0.328 e. The summed E-state index contributed by atoms with van der Waals surface area (Å²) in [7, 11) is 3.15. The van der Waals surface area contributed by atoms with Crippen molar-refractivity contribution in [3.8, 4) is 5.75 Å². The molecule has 0 atom stereocenters. The Balaban J connectivity index is 2.81. The average molecular weight is 328 g/mol. The summed E-state index contributed by atoms with van der Waals surface area (Å²) in [5, 5.41) is 8.47. The molecular weight excluding hydrogens is 314 g/mol. The quantitative estimate of drug-likeness (QED) is 0.840. The van der Waals surface area contributed by atoms with Crippen LogP contribution in [0.1, 0.15) is 5.56 Å². The van der Waals surface area contributed by atoms with E-state index in [0.29, 0.717) is 12.3 Å². The number of carboxylic acid groups (broad SMARTS) is 1. The van der Waals surface area contributed by atoms with Crippen molar-refractivity contribution in [2.24, 2.45) is 0 Å². The molecule has 0 bridgehead atoms. The molecule has 1 aromatic rings. The lowest BCUT2D eigenvalue weighted by molar-refractivity contribution is -0.132. The molecule has 0 heterocycles. The van der Waals surface area contributed by atoms with Crippen molar-refractivity contribution in [2.75, 3.05) is 14.2 Å². The molecule has 0 spiro atoms. The molecule has 0 aromatic heterocycles. The first-order chi connectivity index (χ1) is 8.93. The van der Waals surface area contributed by atoms with E-state index in [2.05, 4.69) is 15.9 Å². The number of halogens is 1. The summed E-state index contributed by atoms with van der Waals surface area (Å²) in [6.45, 7) is 0.325. The Bertz CT molecular complexity index is 513. The zero-order valence-corrected chi connectivity index (χ0v) is 12.2. The predicted octanol–water partition coefficient (Wildman–Crippen LogP) is 2.06. The zero-order valence-electron chi connectivity index (χ0n) is 10.6. The molecule has 5 nitrogen and oxygen atoms in total. The third-order valence-corrected chi connectivity index (χ3v) is 2.89. The number of amides is 1. The van der Waals surface area contributed by atoms with E-state index in [4.69, 9.17) is 9.84 Å². The van der Waals surface area contributed by atoms with Gasteiger partial charge in [-0.15, -0.1) is 0 Å². The van der Waals surface area contributed by atoms with Crippen LogP contribution in [-0.2, 0) is 16.1 Å². The highest BCUT2D eigenvalue weighted by atomic mass is 79.9. The van der Waals surface area contributed by atoms with E-state index in [1.165, 1.54) is 4.90 Å². The van der Waals surface area contributed by atoms with Gasteiger partial charge in [0.05, 0.1) is 7.11 Å². The fraction of sp³-hybridized carbons (Fsp3) is 0.231. The summed E-state index contributed by atoms with van der Waals surface area (Å²) < 4.78 is 6.09. The second kappa shape index (κ2) is 6.94. The van der Waals surface area contributed by atoms with E-state index in [1.807, 2.05) is 12.1 Å². The van der Waals surface area contributed by atoms with Gasteiger partial charge >= 0.3 is 5.97 Å². The molecule has 0 radical (unpaired) electrons. The number of hydrogen-bond acceptors (Lipinski definition) is 3. The number of carboxylic acids is 1. The lowest BCUT2D eigenvalue weighted by Gasteiger charge is -2.17. The summed E-state index contributed by atoms with van der Waals surface area (Å²) in [5.74, 6) is -0.865. The number of rotatable bonds is 5. The van der Waals surface area contributed by atoms with Crippen LogP contribution in [0.2, 0.25) is 0 Å². The summed E-state index contributed by atoms with van der Waals surface area (Å²) in [4.78, 5) is 23.4. The molecule has 0 aliphatic rings. The van der Waals surface area contributed by atoms with Crippen molar-refractivity contribution < 1.29 is 19.4 Å². The highest BCUT2D eigenvalue weighted by Gasteiger charge is 2.10. The van der Waals surface area contributed by atoms with Gasteiger partial charge in [0.25, 0.3) is 0 Å². The number of carbonyl (C=O) groups is 2. The minimum absolute atomic E-state index is 0.325. The third-order valence-electron chi connectivity index (χ3n) is 2.39. The van der Waals surface area contributed by atoms with Gasteiger partial charge in [-0.1, -0.05) is 15.9 Å². The minimum Gasteiger partial charge on any atom is -0.496 e. The van der Waals surface area contributed by atoms with Gasteiger partial charge in [-0.2, -0.15) is 0 Å². The third kappa shape index (κ3) is 4.75. The molecule has 1 aromatic carbocycles. The van der Waals surface area contributed by atoms with Crippen molar-refractivity contribution >= 4 is 27.8 Å². The van der Waals surface area contributed by atoms with E-state index in [-0.39, 0.29) is 5.91 Å². The highest BCUT2D eigenvalue weighted by molar-refractivity contribution is 9.10. The molecule has 1 N–H and O–H groups in total. The number of aliphatic carboxylic acids is 1. The van der Waals surface area contributed by atoms with Gasteiger partial charge in [-0.05, 0) is 18.2 Å². The molecule has 0 unspecified atom stereocenters. The van der Waals surface area contributed by atoms with Crippen LogP contribution in [0.5, 0.6) is 5.75 Å². The molecule has 0 aliphatic carbocycles. The lowest BCUT2D eigenvalue weighted by Crippen LogP contribution is -2.24. The van der Waals surface area contributed by atoms with Crippen LogP contribution < -0.4 is 4.74 Å². The Hall–Kier alpha value is -1.82. The van der Waals surface area contributed by atoms with Gasteiger partial charge < -0.3 is 14.7 Å². The Morgan fingerprint density at radius 3 is 2.68 bits per heavy atom. The zero-order chi connectivity index (χ0) is 14.4. The summed E-state index contributed by atoms with van der Waals surface area (Å²) in [6.07, 6.45) is 1.84. The topological polar surface area (TPSA) is 66.8 Å². The first kappa shape index (κ1) is 15.2.